The summed E-state index contributed by atoms with van der Waals surface area (Å²) >= 11 is 0. The number of benzene rings is 1. The topological polar surface area (TPSA) is 63.2 Å². The Bertz CT molecular complexity index is 689. The maximum Gasteiger partial charge on any atom is 0.220 e. The average molecular weight is 325 g/mol. The van der Waals surface area contributed by atoms with E-state index in [0.29, 0.717) is 23.5 Å². The van der Waals surface area contributed by atoms with Gasteiger partial charge >= 0.3 is 0 Å². The van der Waals surface area contributed by atoms with Gasteiger partial charge in [0.15, 0.2) is 9.84 Å². The van der Waals surface area contributed by atoms with Gasteiger partial charge in [-0.1, -0.05) is 18.2 Å². The lowest BCUT2D eigenvalue weighted by Crippen LogP contribution is -2.28. The Morgan fingerprint density at radius 2 is 2.05 bits per heavy atom. The van der Waals surface area contributed by atoms with E-state index in [1.807, 2.05) is 0 Å². The van der Waals surface area contributed by atoms with E-state index >= 15 is 0 Å². The van der Waals surface area contributed by atoms with Crippen LogP contribution in [0, 0.1) is 11.7 Å². The van der Waals surface area contributed by atoms with Crippen LogP contribution >= 0.6 is 0 Å². The fraction of sp³-hybridized carbons (Fsp3) is 0.438. The first kappa shape index (κ1) is 16.7. The Morgan fingerprint density at radius 1 is 1.36 bits per heavy atom. The van der Waals surface area contributed by atoms with Gasteiger partial charge in [0.05, 0.1) is 5.75 Å². The molecule has 1 aromatic carbocycles. The van der Waals surface area contributed by atoms with Gasteiger partial charge < -0.3 is 5.32 Å². The Hall–Kier alpha value is -1.69. The lowest BCUT2D eigenvalue weighted by atomic mass is 9.79. The molecule has 0 atom stereocenters. The summed E-state index contributed by atoms with van der Waals surface area (Å²) in [5, 5.41) is 2.74. The van der Waals surface area contributed by atoms with Crippen LogP contribution in [-0.2, 0) is 26.9 Å². The molecule has 1 fully saturated rings. The lowest BCUT2D eigenvalue weighted by Gasteiger charge is -2.27. The van der Waals surface area contributed by atoms with Crippen LogP contribution in [0.1, 0.15) is 30.4 Å². The minimum Gasteiger partial charge on any atom is -0.352 e. The lowest BCUT2D eigenvalue weighted by molar-refractivity contribution is -0.122. The van der Waals surface area contributed by atoms with Gasteiger partial charge in [-0.05, 0) is 42.0 Å². The Kier molecular flexibility index (Phi) is 5.01. The minimum atomic E-state index is -3.22. The van der Waals surface area contributed by atoms with Crippen molar-refractivity contribution in [3.05, 3.63) is 47.3 Å². The van der Waals surface area contributed by atoms with Crippen molar-refractivity contribution in [2.24, 2.45) is 5.92 Å². The summed E-state index contributed by atoms with van der Waals surface area (Å²) in [7, 11) is -3.22. The van der Waals surface area contributed by atoms with Gasteiger partial charge in [0.2, 0.25) is 5.91 Å². The standard InChI is InChI=1S/C16H20FNO3S/c1-11-5-12(6-11)7-16(19)18-9-14-8-15(17)4-3-13(14)10-22(2,20)21/h3-4,8,12H,1,5-7,9-10H2,2H3,(H,18,19). The highest BCUT2D eigenvalue weighted by molar-refractivity contribution is 7.89. The molecule has 1 saturated carbocycles. The second kappa shape index (κ2) is 6.60. The van der Waals surface area contributed by atoms with E-state index in [1.54, 1.807) is 0 Å². The number of sulfone groups is 1. The van der Waals surface area contributed by atoms with Crippen LogP contribution in [0.2, 0.25) is 0 Å². The van der Waals surface area contributed by atoms with Crippen LogP contribution in [0.25, 0.3) is 0 Å². The molecule has 2 rings (SSSR count). The number of allylic oxidation sites excluding steroid dienone is 1. The van der Waals surface area contributed by atoms with E-state index in [4.69, 9.17) is 0 Å². The quantitative estimate of drug-likeness (QED) is 0.817. The fourth-order valence-corrected chi connectivity index (χ4v) is 3.46. The molecular formula is C16H20FNO3S. The van der Waals surface area contributed by atoms with Crippen molar-refractivity contribution < 1.29 is 17.6 Å². The predicted molar refractivity (Wildman–Crippen MR) is 83.3 cm³/mol. The van der Waals surface area contributed by atoms with Gasteiger partial charge in [0.25, 0.3) is 0 Å². The van der Waals surface area contributed by atoms with Gasteiger partial charge in [-0.15, -0.1) is 0 Å². The first-order valence-electron chi connectivity index (χ1n) is 7.11. The number of nitrogens with one attached hydrogen (secondary N) is 1. The first-order chi connectivity index (χ1) is 10.2. The molecule has 0 heterocycles. The van der Waals surface area contributed by atoms with Crippen LogP contribution < -0.4 is 5.32 Å². The van der Waals surface area contributed by atoms with Crippen molar-refractivity contribution in [2.75, 3.05) is 6.26 Å². The average Bonchev–Trinajstić information content (AvgIpc) is 2.36. The summed E-state index contributed by atoms with van der Waals surface area (Å²) in [5.41, 5.74) is 2.18. The van der Waals surface area contributed by atoms with Crippen molar-refractivity contribution in [3.8, 4) is 0 Å². The van der Waals surface area contributed by atoms with Crippen molar-refractivity contribution in [1.29, 1.82) is 0 Å². The molecule has 0 unspecified atom stereocenters. The van der Waals surface area contributed by atoms with Crippen molar-refractivity contribution in [1.82, 2.24) is 5.32 Å². The summed E-state index contributed by atoms with van der Waals surface area (Å²) in [6.45, 7) is 3.97. The number of hydrogen-bond acceptors (Lipinski definition) is 3. The Balaban J connectivity index is 1.97. The van der Waals surface area contributed by atoms with E-state index in [2.05, 4.69) is 11.9 Å². The van der Waals surface area contributed by atoms with Gasteiger partial charge in [-0.2, -0.15) is 0 Å². The molecule has 1 amide bonds. The van der Waals surface area contributed by atoms with E-state index in [-0.39, 0.29) is 18.2 Å². The predicted octanol–water partition coefficient (Wildman–Crippen LogP) is 2.34. The summed E-state index contributed by atoms with van der Waals surface area (Å²) in [6.07, 6.45) is 3.32. The maximum atomic E-state index is 13.3. The zero-order valence-corrected chi connectivity index (χ0v) is 13.4. The smallest absolute Gasteiger partial charge is 0.220 e. The zero-order chi connectivity index (χ0) is 16.3. The van der Waals surface area contributed by atoms with Crippen LogP contribution in [0.4, 0.5) is 4.39 Å². The largest absolute Gasteiger partial charge is 0.352 e. The molecule has 120 valence electrons. The zero-order valence-electron chi connectivity index (χ0n) is 12.6. The summed E-state index contributed by atoms with van der Waals surface area (Å²) in [6, 6.07) is 3.95. The molecule has 1 aliphatic carbocycles. The van der Waals surface area contributed by atoms with Crippen LogP contribution in [0.5, 0.6) is 0 Å². The monoisotopic (exact) mass is 325 g/mol. The van der Waals surface area contributed by atoms with Gasteiger partial charge in [0.1, 0.15) is 5.82 Å². The summed E-state index contributed by atoms with van der Waals surface area (Å²) in [4.78, 5) is 11.9. The normalized spacial score (nSPS) is 15.5. The van der Waals surface area contributed by atoms with Crippen LogP contribution in [0.3, 0.4) is 0 Å². The number of carbonyl (C=O) groups is 1. The molecule has 1 aromatic rings. The molecule has 1 aliphatic rings. The van der Waals surface area contributed by atoms with Crippen LogP contribution in [0.15, 0.2) is 30.4 Å². The Morgan fingerprint density at radius 3 is 2.64 bits per heavy atom. The molecular weight excluding hydrogens is 305 g/mol. The van der Waals surface area contributed by atoms with Crippen LogP contribution in [-0.4, -0.2) is 20.6 Å². The second-order valence-corrected chi connectivity index (χ2v) is 8.13. The molecule has 0 aromatic heterocycles. The van der Waals surface area contributed by atoms with Gasteiger partial charge in [-0.25, -0.2) is 12.8 Å². The van der Waals surface area contributed by atoms with Crippen molar-refractivity contribution >= 4 is 15.7 Å². The third-order valence-corrected chi connectivity index (χ3v) is 4.53. The number of halogens is 1. The molecule has 0 spiro atoms. The number of carbonyl (C=O) groups excluding carboxylic acids is 1. The van der Waals surface area contributed by atoms with E-state index in [1.165, 1.54) is 23.8 Å². The molecule has 4 nitrogen and oxygen atoms in total. The highest BCUT2D eigenvalue weighted by Gasteiger charge is 2.23. The maximum absolute atomic E-state index is 13.3. The first-order valence-corrected chi connectivity index (χ1v) is 9.17. The highest BCUT2D eigenvalue weighted by atomic mass is 32.2. The fourth-order valence-electron chi connectivity index (χ4n) is 2.61. The number of rotatable bonds is 6. The molecule has 6 heteroatoms. The third kappa shape index (κ3) is 4.94. The molecule has 0 aliphatic heterocycles. The molecule has 1 N–H and O–H groups in total. The number of amides is 1. The molecule has 22 heavy (non-hydrogen) atoms. The summed E-state index contributed by atoms with van der Waals surface area (Å²) < 4.78 is 36.2. The SMILES string of the molecule is C=C1CC(CC(=O)NCc2cc(F)ccc2CS(C)(=O)=O)C1. The van der Waals surface area contributed by atoms with Gasteiger partial charge in [-0.3, -0.25) is 4.79 Å². The van der Waals surface area contributed by atoms with Crippen molar-refractivity contribution in [3.63, 3.8) is 0 Å². The minimum absolute atomic E-state index is 0.105. The molecule has 0 bridgehead atoms. The van der Waals surface area contributed by atoms with Gasteiger partial charge in [0, 0.05) is 19.2 Å². The highest BCUT2D eigenvalue weighted by Crippen LogP contribution is 2.33. The van der Waals surface area contributed by atoms with E-state index in [0.717, 1.165) is 19.1 Å². The summed E-state index contributed by atoms with van der Waals surface area (Å²) in [5.74, 6) is -0.375. The molecule has 0 saturated heterocycles. The van der Waals surface area contributed by atoms with E-state index in [9.17, 15) is 17.6 Å². The second-order valence-electron chi connectivity index (χ2n) is 5.99. The third-order valence-electron chi connectivity index (χ3n) is 3.69. The Labute approximate surface area is 130 Å². The number of hydrogen-bond donors (Lipinski definition) is 1. The molecule has 0 radical (unpaired) electrons. The van der Waals surface area contributed by atoms with E-state index < -0.39 is 15.7 Å². The van der Waals surface area contributed by atoms with Crippen molar-refractivity contribution in [2.45, 2.75) is 31.6 Å².